The summed E-state index contributed by atoms with van der Waals surface area (Å²) < 4.78 is 7.40. The molecule has 0 bridgehead atoms. The first kappa shape index (κ1) is 23.9. The lowest BCUT2D eigenvalue weighted by atomic mass is 9.93. The van der Waals surface area contributed by atoms with Gasteiger partial charge in [-0.15, -0.1) is 11.8 Å². The number of carbonyl (C=O) groups is 1. The number of nitrogens with one attached hydrogen (secondary N) is 1. The minimum Gasteiger partial charge on any atom is -0.359 e. The van der Waals surface area contributed by atoms with Crippen LogP contribution in [0, 0.1) is 0 Å². The van der Waals surface area contributed by atoms with Crippen molar-refractivity contribution in [1.29, 1.82) is 0 Å². The molecule has 0 radical (unpaired) electrons. The third-order valence-electron chi connectivity index (χ3n) is 6.07. The number of benzene rings is 3. The molecule has 7 heteroatoms. The van der Waals surface area contributed by atoms with Crippen LogP contribution in [0.2, 0.25) is 0 Å². The largest absolute Gasteiger partial charge is 0.359 e. The van der Waals surface area contributed by atoms with Crippen LogP contribution in [0.5, 0.6) is 0 Å². The third-order valence-corrected chi connectivity index (χ3v) is 6.81. The number of amides is 1. The maximum atomic E-state index is 12.5. The Morgan fingerprint density at radius 2 is 1.69 bits per heavy atom. The van der Waals surface area contributed by atoms with Crippen molar-refractivity contribution in [2.24, 2.45) is 0 Å². The molecule has 36 heavy (non-hydrogen) atoms. The van der Waals surface area contributed by atoms with Crippen molar-refractivity contribution in [2.45, 2.75) is 37.5 Å². The summed E-state index contributed by atoms with van der Waals surface area (Å²) >= 11 is 1.74. The highest BCUT2D eigenvalue weighted by atomic mass is 32.2. The van der Waals surface area contributed by atoms with Crippen LogP contribution in [-0.2, 0) is 16.6 Å². The molecule has 0 atom stereocenters. The van der Waals surface area contributed by atoms with Crippen molar-refractivity contribution < 1.29 is 9.32 Å². The summed E-state index contributed by atoms with van der Waals surface area (Å²) in [5.74, 6) is 1.03. The first-order valence-corrected chi connectivity index (χ1v) is 13.0. The number of fused-ring (bicyclic) bond motifs is 1. The predicted octanol–water partition coefficient (Wildman–Crippen LogP) is 6.88. The third kappa shape index (κ3) is 5.06. The average molecular weight is 497 g/mol. The van der Waals surface area contributed by atoms with Crippen LogP contribution in [0.3, 0.4) is 0 Å². The molecule has 1 amide bonds. The Hall–Kier alpha value is -3.84. The standard InChI is InChI=1S/C29H28N4O2S/c1-29(2,3)26-17-27(32-35-26)31-28(34)15-19-5-10-22(11-6-19)33-18-30-24-16-21(9-14-25(24)33)20-7-12-23(36-4)13-8-20/h5-14,16-18H,15H2,1-4H3,(H,31,32,34). The minimum absolute atomic E-state index is 0.136. The molecular weight excluding hydrogens is 468 g/mol. The molecule has 0 aliphatic heterocycles. The summed E-state index contributed by atoms with van der Waals surface area (Å²) in [5, 5.41) is 6.77. The molecule has 182 valence electrons. The summed E-state index contributed by atoms with van der Waals surface area (Å²) in [5.41, 5.74) is 6.03. The van der Waals surface area contributed by atoms with E-state index in [0.29, 0.717) is 5.82 Å². The van der Waals surface area contributed by atoms with Gasteiger partial charge in [0.1, 0.15) is 12.1 Å². The molecule has 2 aromatic heterocycles. The molecule has 0 unspecified atom stereocenters. The highest BCUT2D eigenvalue weighted by Crippen LogP contribution is 2.28. The van der Waals surface area contributed by atoms with Crippen LogP contribution in [-0.4, -0.2) is 26.9 Å². The van der Waals surface area contributed by atoms with Crippen LogP contribution >= 0.6 is 11.8 Å². The number of carbonyl (C=O) groups excluding carboxylic acids is 1. The highest BCUT2D eigenvalue weighted by molar-refractivity contribution is 7.98. The lowest BCUT2D eigenvalue weighted by Gasteiger charge is -2.12. The van der Waals surface area contributed by atoms with Crippen LogP contribution < -0.4 is 5.32 Å². The Balaban J connectivity index is 1.28. The zero-order chi connectivity index (χ0) is 25.3. The van der Waals surface area contributed by atoms with Gasteiger partial charge >= 0.3 is 0 Å². The summed E-state index contributed by atoms with van der Waals surface area (Å²) in [6.45, 7) is 6.11. The topological polar surface area (TPSA) is 73.0 Å². The fourth-order valence-corrected chi connectivity index (χ4v) is 4.42. The number of aromatic nitrogens is 3. The van der Waals surface area contributed by atoms with Gasteiger partial charge in [0.2, 0.25) is 5.91 Å². The Morgan fingerprint density at radius 1 is 0.972 bits per heavy atom. The van der Waals surface area contributed by atoms with Crippen molar-refractivity contribution in [3.8, 4) is 16.8 Å². The number of hydrogen-bond acceptors (Lipinski definition) is 5. The van der Waals surface area contributed by atoms with E-state index in [4.69, 9.17) is 4.52 Å². The highest BCUT2D eigenvalue weighted by Gasteiger charge is 2.20. The van der Waals surface area contributed by atoms with Crippen molar-refractivity contribution in [3.63, 3.8) is 0 Å². The molecule has 3 aromatic carbocycles. The number of imidazole rings is 1. The fourth-order valence-electron chi connectivity index (χ4n) is 4.02. The van der Waals surface area contributed by atoms with Crippen LogP contribution in [0.4, 0.5) is 5.82 Å². The Morgan fingerprint density at radius 3 is 2.36 bits per heavy atom. The van der Waals surface area contributed by atoms with E-state index in [-0.39, 0.29) is 17.7 Å². The smallest absolute Gasteiger partial charge is 0.230 e. The Bertz CT molecular complexity index is 1510. The second-order valence-electron chi connectivity index (χ2n) is 9.76. The number of anilines is 1. The van der Waals surface area contributed by atoms with Gasteiger partial charge in [-0.25, -0.2) is 4.98 Å². The monoisotopic (exact) mass is 496 g/mol. The van der Waals surface area contributed by atoms with E-state index in [2.05, 4.69) is 68.7 Å². The first-order valence-electron chi connectivity index (χ1n) is 11.8. The Labute approximate surface area is 214 Å². The summed E-state index contributed by atoms with van der Waals surface area (Å²) in [6, 6.07) is 24.6. The molecule has 5 aromatic rings. The molecule has 1 N–H and O–H groups in total. The van der Waals surface area contributed by atoms with Gasteiger partial charge in [0.05, 0.1) is 17.5 Å². The quantitative estimate of drug-likeness (QED) is 0.259. The molecule has 0 spiro atoms. The SMILES string of the molecule is CSc1ccc(-c2ccc3c(c2)ncn3-c2ccc(CC(=O)Nc3cc(C(C)(C)C)on3)cc2)cc1. The molecule has 0 saturated heterocycles. The van der Waals surface area contributed by atoms with Crippen molar-refractivity contribution in [3.05, 3.63) is 90.4 Å². The van der Waals surface area contributed by atoms with E-state index in [1.165, 1.54) is 10.5 Å². The van der Waals surface area contributed by atoms with Crippen molar-refractivity contribution in [2.75, 3.05) is 11.6 Å². The molecule has 0 saturated carbocycles. The maximum absolute atomic E-state index is 12.5. The predicted molar refractivity (Wildman–Crippen MR) is 146 cm³/mol. The van der Waals surface area contributed by atoms with E-state index in [9.17, 15) is 4.79 Å². The summed E-state index contributed by atoms with van der Waals surface area (Å²) in [6.07, 6.45) is 4.17. The van der Waals surface area contributed by atoms with E-state index in [0.717, 1.165) is 33.6 Å². The molecule has 0 aliphatic rings. The van der Waals surface area contributed by atoms with Crippen LogP contribution in [0.15, 0.2) is 88.5 Å². The Kier molecular flexibility index (Phi) is 6.41. The van der Waals surface area contributed by atoms with Gasteiger partial charge in [-0.05, 0) is 59.3 Å². The fraction of sp³-hybridized carbons (Fsp3) is 0.207. The second-order valence-corrected chi connectivity index (χ2v) is 10.6. The first-order chi connectivity index (χ1) is 17.3. The van der Waals surface area contributed by atoms with Crippen LogP contribution in [0.25, 0.3) is 27.8 Å². The molecule has 0 aliphatic carbocycles. The minimum atomic E-state index is -0.162. The number of rotatable bonds is 6. The summed E-state index contributed by atoms with van der Waals surface area (Å²) in [7, 11) is 0. The zero-order valence-electron chi connectivity index (χ0n) is 20.8. The lowest BCUT2D eigenvalue weighted by molar-refractivity contribution is -0.115. The number of nitrogens with zero attached hydrogens (tertiary/aromatic N) is 3. The van der Waals surface area contributed by atoms with Gasteiger partial charge in [0.15, 0.2) is 5.82 Å². The summed E-state index contributed by atoms with van der Waals surface area (Å²) in [4.78, 5) is 18.4. The van der Waals surface area contributed by atoms with Crippen LogP contribution in [0.1, 0.15) is 32.1 Å². The number of thioether (sulfide) groups is 1. The lowest BCUT2D eigenvalue weighted by Crippen LogP contribution is -2.14. The van der Waals surface area contributed by atoms with Gasteiger partial charge < -0.3 is 9.84 Å². The van der Waals surface area contributed by atoms with Crippen molar-refractivity contribution in [1.82, 2.24) is 14.7 Å². The number of hydrogen-bond donors (Lipinski definition) is 1. The molecule has 0 fully saturated rings. The van der Waals surface area contributed by atoms with E-state index >= 15 is 0 Å². The molecule has 5 rings (SSSR count). The van der Waals surface area contributed by atoms with Gasteiger partial charge in [0.25, 0.3) is 0 Å². The van der Waals surface area contributed by atoms with Gasteiger partial charge in [-0.2, -0.15) is 0 Å². The average Bonchev–Trinajstić information content (AvgIpc) is 3.51. The normalized spacial score (nSPS) is 11.7. The molecular formula is C29H28N4O2S. The van der Waals surface area contributed by atoms with E-state index in [1.807, 2.05) is 51.4 Å². The molecule has 6 nitrogen and oxygen atoms in total. The van der Waals surface area contributed by atoms with E-state index < -0.39 is 0 Å². The second kappa shape index (κ2) is 9.66. The van der Waals surface area contributed by atoms with Gasteiger partial charge in [0, 0.05) is 22.1 Å². The maximum Gasteiger partial charge on any atom is 0.230 e. The van der Waals surface area contributed by atoms with E-state index in [1.54, 1.807) is 17.8 Å². The molecule has 2 heterocycles. The van der Waals surface area contributed by atoms with Crippen molar-refractivity contribution >= 4 is 34.5 Å². The van der Waals surface area contributed by atoms with Gasteiger partial charge in [-0.3, -0.25) is 9.36 Å². The van der Waals surface area contributed by atoms with Gasteiger partial charge in [-0.1, -0.05) is 56.3 Å². The zero-order valence-corrected chi connectivity index (χ0v) is 21.6.